The smallest absolute Gasteiger partial charge is 0.123 e. The van der Waals surface area contributed by atoms with Crippen LogP contribution < -0.4 is 5.73 Å². The van der Waals surface area contributed by atoms with Crippen LogP contribution >= 0.6 is 0 Å². The summed E-state index contributed by atoms with van der Waals surface area (Å²) in [7, 11) is 0. The van der Waals surface area contributed by atoms with E-state index < -0.39 is 0 Å². The molecule has 0 atom stereocenters. The van der Waals surface area contributed by atoms with E-state index in [-0.39, 0.29) is 5.82 Å². The van der Waals surface area contributed by atoms with E-state index >= 15 is 0 Å². The number of anilines is 1. The normalized spacial score (nSPS) is 10.6. The van der Waals surface area contributed by atoms with Gasteiger partial charge in [-0.2, -0.15) is 0 Å². The third kappa shape index (κ3) is 0.941. The number of H-pyrrole nitrogens is 1. The second kappa shape index (κ2) is 1.99. The second-order valence-electron chi connectivity index (χ2n) is 2.46. The summed E-state index contributed by atoms with van der Waals surface area (Å²) in [6, 6.07) is 6.22. The molecule has 1 aromatic heterocycles. The molecule has 0 saturated carbocycles. The topological polar surface area (TPSA) is 41.8 Å². The fraction of sp³-hybridized carbons (Fsp3) is 0. The maximum absolute atomic E-state index is 12.6. The van der Waals surface area contributed by atoms with Gasteiger partial charge in [0.15, 0.2) is 0 Å². The Morgan fingerprint density at radius 3 is 2.91 bits per heavy atom. The first-order valence-corrected chi connectivity index (χ1v) is 3.29. The zero-order valence-corrected chi connectivity index (χ0v) is 5.76. The highest BCUT2D eigenvalue weighted by Crippen LogP contribution is 2.17. The minimum Gasteiger partial charge on any atom is -0.385 e. The van der Waals surface area contributed by atoms with Crippen molar-refractivity contribution in [1.29, 1.82) is 0 Å². The molecule has 0 aliphatic heterocycles. The summed E-state index contributed by atoms with van der Waals surface area (Å²) >= 11 is 0. The van der Waals surface area contributed by atoms with E-state index in [1.807, 2.05) is 0 Å². The molecule has 0 unspecified atom stereocenters. The van der Waals surface area contributed by atoms with Crippen LogP contribution in [0, 0.1) is 5.82 Å². The van der Waals surface area contributed by atoms with Crippen LogP contribution in [-0.4, -0.2) is 4.98 Å². The van der Waals surface area contributed by atoms with Crippen molar-refractivity contribution in [3.63, 3.8) is 0 Å². The number of aromatic nitrogens is 1. The lowest BCUT2D eigenvalue weighted by Crippen LogP contribution is -1.80. The van der Waals surface area contributed by atoms with Crippen LogP contribution in [-0.2, 0) is 0 Å². The second-order valence-corrected chi connectivity index (χ2v) is 2.46. The SMILES string of the molecule is Nc1cc2cc(F)ccc2[nH]1. The highest BCUT2D eigenvalue weighted by Gasteiger charge is 1.97. The van der Waals surface area contributed by atoms with E-state index in [2.05, 4.69) is 4.98 Å². The lowest BCUT2D eigenvalue weighted by atomic mass is 10.2. The Morgan fingerprint density at radius 2 is 2.09 bits per heavy atom. The van der Waals surface area contributed by atoms with Gasteiger partial charge in [0.05, 0.1) is 0 Å². The molecule has 0 fully saturated rings. The van der Waals surface area contributed by atoms with Gasteiger partial charge < -0.3 is 10.7 Å². The molecule has 0 bridgehead atoms. The van der Waals surface area contributed by atoms with Crippen molar-refractivity contribution in [3.8, 4) is 0 Å². The molecule has 56 valence electrons. The van der Waals surface area contributed by atoms with E-state index in [9.17, 15) is 4.39 Å². The Bertz CT molecular complexity index is 392. The molecule has 0 saturated heterocycles. The van der Waals surface area contributed by atoms with Crippen LogP contribution in [0.4, 0.5) is 10.2 Å². The molecule has 2 rings (SSSR count). The van der Waals surface area contributed by atoms with Crippen LogP contribution in [0.5, 0.6) is 0 Å². The summed E-state index contributed by atoms with van der Waals surface area (Å²) in [6.45, 7) is 0. The molecular formula is C8H7FN2. The quantitative estimate of drug-likeness (QED) is 0.591. The molecule has 2 aromatic rings. The number of nitrogens with one attached hydrogen (secondary N) is 1. The van der Waals surface area contributed by atoms with Gasteiger partial charge in [-0.25, -0.2) is 4.39 Å². The number of nitrogen functional groups attached to an aromatic ring is 1. The van der Waals surface area contributed by atoms with Gasteiger partial charge in [0.25, 0.3) is 0 Å². The first kappa shape index (κ1) is 6.22. The number of hydrogen-bond donors (Lipinski definition) is 2. The predicted molar refractivity (Wildman–Crippen MR) is 42.7 cm³/mol. The molecule has 2 nitrogen and oxygen atoms in total. The summed E-state index contributed by atoms with van der Waals surface area (Å²) < 4.78 is 12.6. The number of hydrogen-bond acceptors (Lipinski definition) is 1. The van der Waals surface area contributed by atoms with Crippen molar-refractivity contribution in [1.82, 2.24) is 4.98 Å². The fourth-order valence-electron chi connectivity index (χ4n) is 1.13. The van der Waals surface area contributed by atoms with E-state index in [0.29, 0.717) is 5.82 Å². The van der Waals surface area contributed by atoms with Gasteiger partial charge in [0.2, 0.25) is 0 Å². The Hall–Kier alpha value is -1.51. The third-order valence-electron chi connectivity index (χ3n) is 1.60. The van der Waals surface area contributed by atoms with E-state index in [1.165, 1.54) is 12.1 Å². The zero-order chi connectivity index (χ0) is 7.84. The lowest BCUT2D eigenvalue weighted by Gasteiger charge is -1.87. The van der Waals surface area contributed by atoms with Crippen molar-refractivity contribution < 1.29 is 4.39 Å². The Labute approximate surface area is 62.8 Å². The van der Waals surface area contributed by atoms with E-state index in [1.54, 1.807) is 12.1 Å². The number of rotatable bonds is 0. The monoisotopic (exact) mass is 150 g/mol. The molecule has 0 aliphatic rings. The van der Waals surface area contributed by atoms with Gasteiger partial charge in [-0.1, -0.05) is 0 Å². The molecule has 0 amide bonds. The molecule has 3 N–H and O–H groups in total. The van der Waals surface area contributed by atoms with E-state index in [4.69, 9.17) is 5.73 Å². The summed E-state index contributed by atoms with van der Waals surface area (Å²) in [5.74, 6) is 0.321. The highest BCUT2D eigenvalue weighted by atomic mass is 19.1. The van der Waals surface area contributed by atoms with Crippen LogP contribution in [0.2, 0.25) is 0 Å². The highest BCUT2D eigenvalue weighted by molar-refractivity contribution is 5.83. The maximum atomic E-state index is 12.6. The Morgan fingerprint density at radius 1 is 1.27 bits per heavy atom. The first-order chi connectivity index (χ1) is 5.25. The summed E-state index contributed by atoms with van der Waals surface area (Å²) in [6.07, 6.45) is 0. The number of aromatic amines is 1. The predicted octanol–water partition coefficient (Wildman–Crippen LogP) is 1.89. The fourth-order valence-corrected chi connectivity index (χ4v) is 1.13. The minimum absolute atomic E-state index is 0.239. The average molecular weight is 150 g/mol. The summed E-state index contributed by atoms with van der Waals surface area (Å²) in [5.41, 5.74) is 6.33. The number of benzene rings is 1. The number of halogens is 1. The third-order valence-corrected chi connectivity index (χ3v) is 1.60. The van der Waals surface area contributed by atoms with Gasteiger partial charge in [-0.3, -0.25) is 0 Å². The zero-order valence-electron chi connectivity index (χ0n) is 5.76. The van der Waals surface area contributed by atoms with Gasteiger partial charge in [0.1, 0.15) is 11.6 Å². The Kier molecular flexibility index (Phi) is 1.12. The van der Waals surface area contributed by atoms with Gasteiger partial charge in [0, 0.05) is 10.9 Å². The number of nitrogens with two attached hydrogens (primary N) is 1. The van der Waals surface area contributed by atoms with Crippen LogP contribution in [0.3, 0.4) is 0 Å². The van der Waals surface area contributed by atoms with Gasteiger partial charge in [-0.05, 0) is 24.3 Å². The molecular weight excluding hydrogens is 143 g/mol. The molecule has 0 aliphatic carbocycles. The molecule has 0 spiro atoms. The average Bonchev–Trinajstić information content (AvgIpc) is 2.27. The maximum Gasteiger partial charge on any atom is 0.123 e. The Balaban J connectivity index is 2.82. The lowest BCUT2D eigenvalue weighted by molar-refractivity contribution is 0.630. The molecule has 1 heterocycles. The van der Waals surface area contributed by atoms with Crippen molar-refractivity contribution >= 4 is 16.7 Å². The van der Waals surface area contributed by atoms with Crippen LogP contribution in [0.1, 0.15) is 0 Å². The standard InChI is InChI=1S/C8H7FN2/c9-6-1-2-7-5(3-6)4-8(10)11-7/h1-4,11H,10H2. The summed E-state index contributed by atoms with van der Waals surface area (Å²) in [5, 5.41) is 0.808. The molecule has 11 heavy (non-hydrogen) atoms. The van der Waals surface area contributed by atoms with Gasteiger partial charge >= 0.3 is 0 Å². The van der Waals surface area contributed by atoms with Crippen molar-refractivity contribution in [2.45, 2.75) is 0 Å². The molecule has 3 heteroatoms. The van der Waals surface area contributed by atoms with Crippen molar-refractivity contribution in [2.24, 2.45) is 0 Å². The minimum atomic E-state index is -0.239. The van der Waals surface area contributed by atoms with E-state index in [0.717, 1.165) is 10.9 Å². The summed E-state index contributed by atoms with van der Waals surface area (Å²) in [4.78, 5) is 2.90. The van der Waals surface area contributed by atoms with Gasteiger partial charge in [-0.15, -0.1) is 0 Å². The molecule has 1 aromatic carbocycles. The van der Waals surface area contributed by atoms with Crippen LogP contribution in [0.25, 0.3) is 10.9 Å². The largest absolute Gasteiger partial charge is 0.385 e. The molecule has 0 radical (unpaired) electrons. The van der Waals surface area contributed by atoms with Crippen LogP contribution in [0.15, 0.2) is 24.3 Å². The number of fused-ring (bicyclic) bond motifs is 1. The van der Waals surface area contributed by atoms with Crippen molar-refractivity contribution in [3.05, 3.63) is 30.1 Å². The first-order valence-electron chi connectivity index (χ1n) is 3.29. The van der Waals surface area contributed by atoms with Crippen molar-refractivity contribution in [2.75, 3.05) is 5.73 Å².